The number of nitrogens with one attached hydrogen (secondary N) is 1. The number of amides is 1. The number of allylic oxidation sites excluding steroid dienone is 1. The van der Waals surface area contributed by atoms with Crippen LogP contribution in [0.5, 0.6) is 0 Å². The summed E-state index contributed by atoms with van der Waals surface area (Å²) in [5.74, 6) is -0.564. The van der Waals surface area contributed by atoms with Crippen LogP contribution in [-0.2, 0) is 4.79 Å². The molecule has 0 aliphatic heterocycles. The highest BCUT2D eigenvalue weighted by atomic mass is 16.3. The van der Waals surface area contributed by atoms with E-state index >= 15 is 0 Å². The first kappa shape index (κ1) is 14.7. The van der Waals surface area contributed by atoms with E-state index in [9.17, 15) is 9.90 Å². The zero-order valence-corrected chi connectivity index (χ0v) is 11.4. The van der Waals surface area contributed by atoms with Crippen LogP contribution >= 0.6 is 0 Å². The van der Waals surface area contributed by atoms with Gasteiger partial charge in [0.25, 0.3) is 5.91 Å². The summed E-state index contributed by atoms with van der Waals surface area (Å²) < 4.78 is 0. The van der Waals surface area contributed by atoms with Crippen molar-refractivity contribution in [2.75, 3.05) is 0 Å². The fraction of sp³-hybridized carbons (Fsp3) is 0.0588. The summed E-state index contributed by atoms with van der Waals surface area (Å²) in [7, 11) is 0. The first-order valence-corrected chi connectivity index (χ1v) is 6.55. The van der Waals surface area contributed by atoms with Crippen molar-refractivity contribution in [1.82, 2.24) is 5.43 Å². The molecule has 0 aliphatic carbocycles. The highest BCUT2D eigenvalue weighted by Gasteiger charge is 2.15. The summed E-state index contributed by atoms with van der Waals surface area (Å²) in [5.41, 5.74) is 3.87. The second kappa shape index (κ2) is 7.77. The van der Waals surface area contributed by atoms with Crippen LogP contribution in [0, 0.1) is 0 Å². The number of hydrazone groups is 1. The predicted octanol–water partition coefficient (Wildman–Crippen LogP) is 2.54. The summed E-state index contributed by atoms with van der Waals surface area (Å²) in [6.07, 6.45) is 3.82. The highest BCUT2D eigenvalue weighted by Crippen LogP contribution is 2.11. The van der Waals surface area contributed by atoms with E-state index in [0.29, 0.717) is 5.56 Å². The molecule has 0 heterocycles. The lowest BCUT2D eigenvalue weighted by atomic mass is 10.1. The molecule has 21 heavy (non-hydrogen) atoms. The quantitative estimate of drug-likeness (QED) is 0.653. The van der Waals surface area contributed by atoms with E-state index in [1.807, 2.05) is 42.5 Å². The smallest absolute Gasteiger partial charge is 0.273 e. The lowest BCUT2D eigenvalue weighted by Gasteiger charge is -2.08. The monoisotopic (exact) mass is 280 g/mol. The van der Waals surface area contributed by atoms with Gasteiger partial charge in [0.1, 0.15) is 0 Å². The summed E-state index contributed by atoms with van der Waals surface area (Å²) in [5, 5.41) is 13.6. The number of aliphatic hydroxyl groups excluding tert-OH is 1. The van der Waals surface area contributed by atoms with Crippen molar-refractivity contribution in [1.29, 1.82) is 0 Å². The summed E-state index contributed by atoms with van der Waals surface area (Å²) in [6.45, 7) is 0. The summed E-state index contributed by atoms with van der Waals surface area (Å²) in [4.78, 5) is 11.7. The molecule has 2 aromatic carbocycles. The van der Waals surface area contributed by atoms with Crippen molar-refractivity contribution in [3.05, 3.63) is 77.9 Å². The number of hydrogen-bond donors (Lipinski definition) is 2. The molecule has 2 aromatic rings. The molecule has 0 fully saturated rings. The van der Waals surface area contributed by atoms with E-state index < -0.39 is 12.0 Å². The predicted molar refractivity (Wildman–Crippen MR) is 83.5 cm³/mol. The molecule has 0 aliphatic rings. The van der Waals surface area contributed by atoms with Crippen LogP contribution in [0.1, 0.15) is 17.2 Å². The minimum absolute atomic E-state index is 0.532. The third kappa shape index (κ3) is 4.71. The van der Waals surface area contributed by atoms with Crippen LogP contribution in [0.4, 0.5) is 0 Å². The molecule has 1 amide bonds. The van der Waals surface area contributed by atoms with Crippen molar-refractivity contribution in [2.45, 2.75) is 6.10 Å². The summed E-state index contributed by atoms with van der Waals surface area (Å²) in [6, 6.07) is 18.5. The molecule has 106 valence electrons. The summed E-state index contributed by atoms with van der Waals surface area (Å²) >= 11 is 0. The van der Waals surface area contributed by atoms with Gasteiger partial charge < -0.3 is 5.11 Å². The average molecular weight is 280 g/mol. The molecule has 0 radical (unpaired) electrons. The maximum atomic E-state index is 11.7. The van der Waals surface area contributed by atoms with E-state index in [-0.39, 0.29) is 0 Å². The van der Waals surface area contributed by atoms with Crippen molar-refractivity contribution >= 4 is 18.2 Å². The minimum atomic E-state index is -1.22. The number of carbonyl (C=O) groups excluding carboxylic acids is 1. The first-order valence-electron chi connectivity index (χ1n) is 6.55. The Bertz CT molecular complexity index is 622. The fourth-order valence-corrected chi connectivity index (χ4v) is 1.71. The maximum Gasteiger partial charge on any atom is 0.273 e. The molecular weight excluding hydrogens is 264 g/mol. The standard InChI is InChI=1S/C17H16N2O2/c20-16(15-11-5-2-6-12-15)17(21)19-18-13-7-10-14-8-3-1-4-9-14/h1-13,16,20H,(H,19,21)/b10-7+,18-13+. The van der Waals surface area contributed by atoms with Crippen molar-refractivity contribution in [2.24, 2.45) is 5.10 Å². The van der Waals surface area contributed by atoms with Crippen LogP contribution in [0.15, 0.2) is 71.8 Å². The second-order valence-electron chi connectivity index (χ2n) is 4.34. The van der Waals surface area contributed by atoms with E-state index in [0.717, 1.165) is 5.56 Å². The molecule has 0 saturated carbocycles. The Kier molecular flexibility index (Phi) is 5.43. The van der Waals surface area contributed by atoms with Crippen LogP contribution in [0.25, 0.3) is 6.08 Å². The Labute approximate surface area is 123 Å². The Morgan fingerprint density at radius 3 is 2.33 bits per heavy atom. The zero-order valence-electron chi connectivity index (χ0n) is 11.4. The SMILES string of the molecule is O=C(N/N=C/C=C/c1ccccc1)C(O)c1ccccc1. The minimum Gasteiger partial charge on any atom is -0.378 e. The lowest BCUT2D eigenvalue weighted by Crippen LogP contribution is -2.24. The van der Waals surface area contributed by atoms with Gasteiger partial charge in [0, 0.05) is 6.21 Å². The topological polar surface area (TPSA) is 61.7 Å². The second-order valence-corrected chi connectivity index (χ2v) is 4.34. The number of aliphatic hydroxyl groups is 1. The Hall–Kier alpha value is -2.72. The van der Waals surface area contributed by atoms with Gasteiger partial charge >= 0.3 is 0 Å². The number of benzene rings is 2. The highest BCUT2D eigenvalue weighted by molar-refractivity contribution is 5.84. The molecular formula is C17H16N2O2. The van der Waals surface area contributed by atoms with E-state index in [1.165, 1.54) is 6.21 Å². The largest absolute Gasteiger partial charge is 0.378 e. The molecule has 1 atom stereocenters. The number of rotatable bonds is 5. The van der Waals surface area contributed by atoms with Gasteiger partial charge in [-0.3, -0.25) is 4.79 Å². The molecule has 0 spiro atoms. The Balaban J connectivity index is 1.84. The van der Waals surface area contributed by atoms with Crippen LogP contribution in [0.3, 0.4) is 0 Å². The molecule has 1 unspecified atom stereocenters. The molecule has 2 rings (SSSR count). The Morgan fingerprint density at radius 2 is 1.67 bits per heavy atom. The molecule has 0 saturated heterocycles. The number of nitrogens with zero attached hydrogens (tertiary/aromatic N) is 1. The van der Waals surface area contributed by atoms with Crippen LogP contribution < -0.4 is 5.43 Å². The van der Waals surface area contributed by atoms with E-state index in [1.54, 1.807) is 30.3 Å². The number of hydrogen-bond acceptors (Lipinski definition) is 3. The first-order chi connectivity index (χ1) is 10.3. The molecule has 2 N–H and O–H groups in total. The zero-order chi connectivity index (χ0) is 14.9. The van der Waals surface area contributed by atoms with Crippen LogP contribution in [0.2, 0.25) is 0 Å². The molecule has 0 bridgehead atoms. The molecule has 4 nitrogen and oxygen atoms in total. The van der Waals surface area contributed by atoms with Gasteiger partial charge in [-0.15, -0.1) is 0 Å². The third-order valence-electron chi connectivity index (χ3n) is 2.79. The van der Waals surface area contributed by atoms with Gasteiger partial charge in [-0.2, -0.15) is 5.10 Å². The van der Waals surface area contributed by atoms with Crippen molar-refractivity contribution < 1.29 is 9.90 Å². The van der Waals surface area contributed by atoms with Gasteiger partial charge in [0.2, 0.25) is 0 Å². The van der Waals surface area contributed by atoms with Gasteiger partial charge in [-0.1, -0.05) is 66.7 Å². The van der Waals surface area contributed by atoms with Crippen LogP contribution in [-0.4, -0.2) is 17.2 Å². The molecule has 0 aromatic heterocycles. The Morgan fingerprint density at radius 1 is 1.05 bits per heavy atom. The van der Waals surface area contributed by atoms with Gasteiger partial charge in [-0.25, -0.2) is 5.43 Å². The molecule has 4 heteroatoms. The van der Waals surface area contributed by atoms with Gasteiger partial charge in [-0.05, 0) is 17.2 Å². The van der Waals surface area contributed by atoms with Crippen molar-refractivity contribution in [3.63, 3.8) is 0 Å². The van der Waals surface area contributed by atoms with E-state index in [2.05, 4.69) is 10.5 Å². The average Bonchev–Trinajstić information content (AvgIpc) is 2.55. The van der Waals surface area contributed by atoms with Gasteiger partial charge in [0.15, 0.2) is 6.10 Å². The number of carbonyl (C=O) groups is 1. The maximum absolute atomic E-state index is 11.7. The van der Waals surface area contributed by atoms with E-state index in [4.69, 9.17) is 0 Å². The van der Waals surface area contributed by atoms with Gasteiger partial charge in [0.05, 0.1) is 0 Å². The normalized spacial score (nSPS) is 12.6. The van der Waals surface area contributed by atoms with Crippen molar-refractivity contribution in [3.8, 4) is 0 Å². The third-order valence-corrected chi connectivity index (χ3v) is 2.79. The fourth-order valence-electron chi connectivity index (χ4n) is 1.71. The lowest BCUT2D eigenvalue weighted by molar-refractivity contribution is -0.129.